The van der Waals surface area contributed by atoms with E-state index < -0.39 is 0 Å². The van der Waals surface area contributed by atoms with E-state index in [0.717, 1.165) is 19.3 Å². The second-order valence-electron chi connectivity index (χ2n) is 4.82. The number of hydrogen-bond acceptors (Lipinski definition) is 4. The third-order valence-electron chi connectivity index (χ3n) is 3.54. The summed E-state index contributed by atoms with van der Waals surface area (Å²) in [5, 5.41) is 14.6. The van der Waals surface area contributed by atoms with E-state index >= 15 is 0 Å². The molecule has 1 saturated carbocycles. The van der Waals surface area contributed by atoms with Crippen LogP contribution in [0.15, 0.2) is 5.16 Å². The normalized spacial score (nSPS) is 31.2. The molecule has 3 atom stereocenters. The zero-order chi connectivity index (χ0) is 12.4. The fourth-order valence-corrected chi connectivity index (χ4v) is 2.26. The third-order valence-corrected chi connectivity index (χ3v) is 3.54. The number of nitrogens with zero attached hydrogens (tertiary/aromatic N) is 1. The van der Waals surface area contributed by atoms with E-state index in [9.17, 15) is 4.79 Å². The number of amidine groups is 1. The van der Waals surface area contributed by atoms with Gasteiger partial charge in [-0.15, -0.1) is 0 Å². The first-order chi connectivity index (χ1) is 8.13. The van der Waals surface area contributed by atoms with Gasteiger partial charge in [-0.1, -0.05) is 5.16 Å². The number of ether oxygens (including phenoxy) is 1. The fraction of sp³-hybridized carbons (Fsp3) is 0.818. The monoisotopic (exact) mass is 241 g/mol. The minimum absolute atomic E-state index is 0.0536. The van der Waals surface area contributed by atoms with Crippen molar-refractivity contribution in [3.8, 4) is 0 Å². The number of oxime groups is 1. The van der Waals surface area contributed by atoms with Crippen molar-refractivity contribution in [2.24, 2.45) is 22.7 Å². The van der Waals surface area contributed by atoms with Crippen LogP contribution in [0.5, 0.6) is 0 Å². The molecule has 96 valence electrons. The lowest BCUT2D eigenvalue weighted by molar-refractivity contribution is -0.126. The van der Waals surface area contributed by atoms with Crippen molar-refractivity contribution >= 4 is 11.7 Å². The molecule has 2 fully saturated rings. The van der Waals surface area contributed by atoms with Gasteiger partial charge in [0.05, 0.1) is 18.1 Å². The summed E-state index contributed by atoms with van der Waals surface area (Å²) in [5.74, 6) is 0.223. The Balaban J connectivity index is 1.95. The molecule has 1 amide bonds. The van der Waals surface area contributed by atoms with Gasteiger partial charge in [0.15, 0.2) is 5.84 Å². The number of hydrogen-bond donors (Lipinski definition) is 3. The van der Waals surface area contributed by atoms with Crippen LogP contribution in [-0.4, -0.2) is 35.7 Å². The predicted octanol–water partition coefficient (Wildman–Crippen LogP) is 0.0526. The van der Waals surface area contributed by atoms with E-state index in [1.54, 1.807) is 0 Å². The Morgan fingerprint density at radius 2 is 2.24 bits per heavy atom. The van der Waals surface area contributed by atoms with E-state index in [1.165, 1.54) is 0 Å². The summed E-state index contributed by atoms with van der Waals surface area (Å²) in [7, 11) is 0. The van der Waals surface area contributed by atoms with Crippen molar-refractivity contribution in [1.29, 1.82) is 0 Å². The van der Waals surface area contributed by atoms with Gasteiger partial charge in [0, 0.05) is 6.61 Å². The summed E-state index contributed by atoms with van der Waals surface area (Å²) >= 11 is 0. The van der Waals surface area contributed by atoms with Gasteiger partial charge in [-0.3, -0.25) is 4.79 Å². The molecule has 0 radical (unpaired) electrons. The summed E-state index contributed by atoms with van der Waals surface area (Å²) in [4.78, 5) is 12.0. The fourth-order valence-electron chi connectivity index (χ4n) is 2.26. The van der Waals surface area contributed by atoms with E-state index in [4.69, 9.17) is 15.7 Å². The first-order valence-electron chi connectivity index (χ1n) is 6.03. The van der Waals surface area contributed by atoms with Gasteiger partial charge >= 0.3 is 0 Å². The van der Waals surface area contributed by atoms with E-state index in [2.05, 4.69) is 10.5 Å². The molecule has 0 aromatic heterocycles. The van der Waals surface area contributed by atoms with Crippen LogP contribution in [0.1, 0.15) is 26.2 Å². The van der Waals surface area contributed by atoms with Crippen molar-refractivity contribution in [2.75, 3.05) is 6.61 Å². The Morgan fingerprint density at radius 1 is 1.53 bits per heavy atom. The number of carbonyl (C=O) groups excluding carboxylic acids is 1. The molecule has 3 unspecified atom stereocenters. The van der Waals surface area contributed by atoms with Crippen molar-refractivity contribution in [1.82, 2.24) is 5.32 Å². The standard InChI is InChI=1S/C11H19N3O3/c1-6-8(4-5-17-6)11(15)13-9(7-2-3-7)10(12)14-16/h6-9,16H,2-5H2,1H3,(H2,12,14)(H,13,15). The highest BCUT2D eigenvalue weighted by molar-refractivity contribution is 5.91. The second-order valence-corrected chi connectivity index (χ2v) is 4.82. The topological polar surface area (TPSA) is 96.9 Å². The Labute approximate surface area is 100 Å². The molecule has 6 nitrogen and oxygen atoms in total. The van der Waals surface area contributed by atoms with Crippen LogP contribution < -0.4 is 11.1 Å². The zero-order valence-corrected chi connectivity index (χ0v) is 9.93. The van der Waals surface area contributed by atoms with Gasteiger partial charge in [0.25, 0.3) is 0 Å². The molecule has 6 heteroatoms. The minimum atomic E-state index is -0.333. The molecule has 1 heterocycles. The van der Waals surface area contributed by atoms with Crippen LogP contribution in [0, 0.1) is 11.8 Å². The number of carbonyl (C=O) groups is 1. The highest BCUT2D eigenvalue weighted by atomic mass is 16.5. The summed E-state index contributed by atoms with van der Waals surface area (Å²) < 4.78 is 5.36. The SMILES string of the molecule is CC1OCCC1C(=O)NC(C(N)=NO)C1CC1. The first kappa shape index (κ1) is 12.2. The Hall–Kier alpha value is -1.30. The first-order valence-corrected chi connectivity index (χ1v) is 6.03. The molecule has 1 aliphatic carbocycles. The minimum Gasteiger partial charge on any atom is -0.409 e. The summed E-state index contributed by atoms with van der Waals surface area (Å²) in [6, 6.07) is -0.333. The number of nitrogens with one attached hydrogen (secondary N) is 1. The van der Waals surface area contributed by atoms with Crippen molar-refractivity contribution < 1.29 is 14.7 Å². The maximum atomic E-state index is 12.0. The zero-order valence-electron chi connectivity index (χ0n) is 9.93. The molecular weight excluding hydrogens is 222 g/mol. The molecular formula is C11H19N3O3. The maximum Gasteiger partial charge on any atom is 0.226 e. The van der Waals surface area contributed by atoms with Crippen molar-refractivity contribution in [2.45, 2.75) is 38.3 Å². The molecule has 0 bridgehead atoms. The molecule has 2 aliphatic rings. The number of amides is 1. The smallest absolute Gasteiger partial charge is 0.226 e. The van der Waals surface area contributed by atoms with Crippen LogP contribution in [0.4, 0.5) is 0 Å². The Bertz CT molecular complexity index is 328. The summed E-state index contributed by atoms with van der Waals surface area (Å²) in [6.45, 7) is 2.52. The lowest BCUT2D eigenvalue weighted by atomic mass is 10.0. The number of nitrogens with two attached hydrogens (primary N) is 1. The lowest BCUT2D eigenvalue weighted by Crippen LogP contribution is -2.49. The van der Waals surface area contributed by atoms with Crippen LogP contribution in [0.25, 0.3) is 0 Å². The maximum absolute atomic E-state index is 12.0. The van der Waals surface area contributed by atoms with Gasteiger partial charge in [-0.05, 0) is 32.1 Å². The average Bonchev–Trinajstić information content (AvgIpc) is 3.07. The van der Waals surface area contributed by atoms with Gasteiger partial charge in [-0.2, -0.15) is 0 Å². The predicted molar refractivity (Wildman–Crippen MR) is 61.6 cm³/mol. The summed E-state index contributed by atoms with van der Waals surface area (Å²) in [6.07, 6.45) is 2.71. The van der Waals surface area contributed by atoms with Gasteiger partial charge in [0.2, 0.25) is 5.91 Å². The molecule has 0 aromatic carbocycles. The average molecular weight is 241 g/mol. The van der Waals surface area contributed by atoms with E-state index in [1.807, 2.05) is 6.92 Å². The number of rotatable bonds is 4. The molecule has 1 saturated heterocycles. The van der Waals surface area contributed by atoms with Gasteiger partial charge in [-0.25, -0.2) is 0 Å². The van der Waals surface area contributed by atoms with E-state index in [-0.39, 0.29) is 29.8 Å². The molecule has 2 rings (SSSR count). The Morgan fingerprint density at radius 3 is 2.71 bits per heavy atom. The third kappa shape index (κ3) is 2.69. The Kier molecular flexibility index (Phi) is 3.51. The van der Waals surface area contributed by atoms with E-state index in [0.29, 0.717) is 12.5 Å². The van der Waals surface area contributed by atoms with Crippen LogP contribution >= 0.6 is 0 Å². The highest BCUT2D eigenvalue weighted by Crippen LogP contribution is 2.33. The lowest BCUT2D eigenvalue weighted by Gasteiger charge is -2.20. The van der Waals surface area contributed by atoms with Crippen LogP contribution in [0.2, 0.25) is 0 Å². The van der Waals surface area contributed by atoms with Crippen LogP contribution in [-0.2, 0) is 9.53 Å². The molecule has 0 aromatic rings. The summed E-state index contributed by atoms with van der Waals surface area (Å²) in [5.41, 5.74) is 5.59. The second kappa shape index (κ2) is 4.91. The van der Waals surface area contributed by atoms with Crippen molar-refractivity contribution in [3.63, 3.8) is 0 Å². The molecule has 17 heavy (non-hydrogen) atoms. The van der Waals surface area contributed by atoms with Crippen LogP contribution in [0.3, 0.4) is 0 Å². The van der Waals surface area contributed by atoms with Gasteiger partial charge in [0.1, 0.15) is 0 Å². The van der Waals surface area contributed by atoms with Gasteiger partial charge < -0.3 is 21.0 Å². The van der Waals surface area contributed by atoms with Crippen molar-refractivity contribution in [3.05, 3.63) is 0 Å². The largest absolute Gasteiger partial charge is 0.409 e. The highest BCUT2D eigenvalue weighted by Gasteiger charge is 2.38. The molecule has 1 aliphatic heterocycles. The molecule has 0 spiro atoms. The molecule has 4 N–H and O–H groups in total. The quantitative estimate of drug-likeness (QED) is 0.280.